The molecule has 2 fully saturated rings. The Morgan fingerprint density at radius 3 is 2.21 bits per heavy atom. The summed E-state index contributed by atoms with van der Waals surface area (Å²) in [6, 6.07) is 12.7. The van der Waals surface area contributed by atoms with E-state index in [1.165, 1.54) is 0 Å². The number of anilines is 2. The Labute approximate surface area is 195 Å². The highest BCUT2D eigenvalue weighted by Crippen LogP contribution is 2.39. The number of sulfonamides is 1. The normalized spacial score (nSPS) is 21.2. The van der Waals surface area contributed by atoms with E-state index in [2.05, 4.69) is 4.90 Å². The summed E-state index contributed by atoms with van der Waals surface area (Å²) in [4.78, 5) is 28.5. The summed E-state index contributed by atoms with van der Waals surface area (Å²) in [6.45, 7) is 5.54. The molecule has 1 aliphatic carbocycles. The minimum absolute atomic E-state index is 0.0289. The lowest BCUT2D eigenvalue weighted by atomic mass is 10.1. The molecule has 1 saturated heterocycles. The van der Waals surface area contributed by atoms with E-state index >= 15 is 0 Å². The number of hydrogen-bond acceptors (Lipinski definition) is 5. The number of piperazine rings is 1. The number of ketones is 1. The highest BCUT2D eigenvalue weighted by Gasteiger charge is 2.40. The van der Waals surface area contributed by atoms with Gasteiger partial charge in [-0.3, -0.25) is 9.59 Å². The number of nitrogens with zero attached hydrogens (tertiary/aromatic N) is 3. The number of carbonyl (C=O) groups excluding carboxylic acids is 2. The molecule has 33 heavy (non-hydrogen) atoms. The molecule has 0 aromatic heterocycles. The second-order valence-corrected chi connectivity index (χ2v) is 11.3. The molecule has 5 rings (SSSR count). The van der Waals surface area contributed by atoms with Crippen molar-refractivity contribution in [3.63, 3.8) is 0 Å². The number of Topliss-reactive ketones (excluding diaryl/α,β-unsaturated/α-hetero) is 1. The molecule has 2 aromatic rings. The van der Waals surface area contributed by atoms with Crippen LogP contribution in [0.4, 0.5) is 11.4 Å². The monoisotopic (exact) mass is 467 g/mol. The van der Waals surface area contributed by atoms with Crippen LogP contribution in [0.5, 0.6) is 0 Å². The third-order valence-corrected chi connectivity index (χ3v) is 8.84. The van der Waals surface area contributed by atoms with Crippen LogP contribution in [-0.2, 0) is 21.2 Å². The van der Waals surface area contributed by atoms with Gasteiger partial charge in [0.15, 0.2) is 5.78 Å². The summed E-state index contributed by atoms with van der Waals surface area (Å²) in [7, 11) is -3.61. The molecule has 0 spiro atoms. The first-order chi connectivity index (χ1) is 15.8. The summed E-state index contributed by atoms with van der Waals surface area (Å²) >= 11 is 0. The molecule has 0 bridgehead atoms. The average Bonchev–Trinajstić information content (AvgIpc) is 3.60. The van der Waals surface area contributed by atoms with Crippen molar-refractivity contribution < 1.29 is 18.0 Å². The third kappa shape index (κ3) is 4.06. The first-order valence-electron chi connectivity index (χ1n) is 11.6. The van der Waals surface area contributed by atoms with Crippen molar-refractivity contribution in [2.45, 2.75) is 44.0 Å². The summed E-state index contributed by atoms with van der Waals surface area (Å²) in [6.07, 6.45) is 2.59. The van der Waals surface area contributed by atoms with Crippen molar-refractivity contribution in [3.8, 4) is 0 Å². The highest BCUT2D eigenvalue weighted by molar-refractivity contribution is 7.89. The zero-order chi connectivity index (χ0) is 23.3. The van der Waals surface area contributed by atoms with Crippen LogP contribution in [0.25, 0.3) is 0 Å². The van der Waals surface area contributed by atoms with E-state index in [0.29, 0.717) is 43.1 Å². The molecule has 1 atom stereocenters. The van der Waals surface area contributed by atoms with Gasteiger partial charge in [-0.05, 0) is 81.1 Å². The Balaban J connectivity index is 1.29. The summed E-state index contributed by atoms with van der Waals surface area (Å²) in [5.74, 6) is 0.335. The van der Waals surface area contributed by atoms with Gasteiger partial charge in [-0.25, -0.2) is 8.42 Å². The Morgan fingerprint density at radius 2 is 1.61 bits per heavy atom. The smallest absolute Gasteiger partial charge is 0.243 e. The van der Waals surface area contributed by atoms with Crippen molar-refractivity contribution in [3.05, 3.63) is 53.6 Å². The van der Waals surface area contributed by atoms with Crippen LogP contribution in [0.15, 0.2) is 47.4 Å². The van der Waals surface area contributed by atoms with E-state index in [9.17, 15) is 18.0 Å². The van der Waals surface area contributed by atoms with Crippen LogP contribution in [0.1, 0.15) is 42.6 Å². The van der Waals surface area contributed by atoms with Crippen molar-refractivity contribution in [2.24, 2.45) is 5.92 Å². The fourth-order valence-electron chi connectivity index (χ4n) is 4.87. The maximum atomic E-state index is 13.4. The topological polar surface area (TPSA) is 78.0 Å². The second kappa shape index (κ2) is 8.25. The summed E-state index contributed by atoms with van der Waals surface area (Å²) in [5, 5.41) is 0. The molecule has 174 valence electrons. The Hall–Kier alpha value is -2.71. The van der Waals surface area contributed by atoms with Gasteiger partial charge in [-0.2, -0.15) is 4.31 Å². The van der Waals surface area contributed by atoms with Gasteiger partial charge in [0.25, 0.3) is 0 Å². The number of benzene rings is 2. The van der Waals surface area contributed by atoms with Crippen molar-refractivity contribution in [1.29, 1.82) is 0 Å². The van der Waals surface area contributed by atoms with E-state index in [0.717, 1.165) is 29.8 Å². The van der Waals surface area contributed by atoms with Crippen LogP contribution in [0.2, 0.25) is 0 Å². The molecular formula is C25H29N3O4S. The van der Waals surface area contributed by atoms with Gasteiger partial charge < -0.3 is 9.80 Å². The number of fused-ring (bicyclic) bond motifs is 1. The van der Waals surface area contributed by atoms with Gasteiger partial charge in [0, 0.05) is 55.1 Å². The van der Waals surface area contributed by atoms with E-state index in [1.807, 2.05) is 36.1 Å². The van der Waals surface area contributed by atoms with Gasteiger partial charge in [0.1, 0.15) is 0 Å². The fraction of sp³-hybridized carbons (Fsp3) is 0.440. The Bertz CT molecular complexity index is 1200. The lowest BCUT2D eigenvalue weighted by Gasteiger charge is -2.35. The molecule has 2 aromatic carbocycles. The van der Waals surface area contributed by atoms with Gasteiger partial charge in [-0.1, -0.05) is 0 Å². The van der Waals surface area contributed by atoms with Crippen LogP contribution in [0.3, 0.4) is 0 Å². The molecule has 8 heteroatoms. The molecule has 0 unspecified atom stereocenters. The first-order valence-corrected chi connectivity index (χ1v) is 13.0. The highest BCUT2D eigenvalue weighted by atomic mass is 32.2. The summed E-state index contributed by atoms with van der Waals surface area (Å²) < 4.78 is 28.3. The summed E-state index contributed by atoms with van der Waals surface area (Å²) in [5.41, 5.74) is 3.45. The molecule has 0 radical (unpaired) electrons. The SMILES string of the molecule is CC(=O)c1ccc(N2CCN(S(=O)(=O)c3ccc4c(c3)C[C@@H](C)N4C(=O)C3CC3)CC2)cc1. The quantitative estimate of drug-likeness (QED) is 0.632. The van der Waals surface area contributed by atoms with E-state index < -0.39 is 10.0 Å². The minimum atomic E-state index is -3.61. The average molecular weight is 468 g/mol. The molecular weight excluding hydrogens is 438 g/mol. The van der Waals surface area contributed by atoms with Crippen molar-refractivity contribution >= 4 is 33.1 Å². The molecule has 7 nitrogen and oxygen atoms in total. The van der Waals surface area contributed by atoms with Gasteiger partial charge in [0.05, 0.1) is 4.90 Å². The number of amides is 1. The Morgan fingerprint density at radius 1 is 0.939 bits per heavy atom. The molecule has 2 heterocycles. The van der Waals surface area contributed by atoms with E-state index in [-0.39, 0.29) is 23.7 Å². The van der Waals surface area contributed by atoms with Crippen LogP contribution in [0, 0.1) is 5.92 Å². The predicted molar refractivity (Wildman–Crippen MR) is 127 cm³/mol. The standard InChI is InChI=1S/C25H29N3O4S/c1-17-15-21-16-23(9-10-24(21)28(17)25(30)20-3-4-20)33(31,32)27-13-11-26(12-14-27)22-7-5-19(6-8-22)18(2)29/h5-10,16-17,20H,3-4,11-15H2,1-2H3/t17-/m1/s1. The molecule has 0 N–H and O–H groups in total. The zero-order valence-corrected chi connectivity index (χ0v) is 19.8. The minimum Gasteiger partial charge on any atom is -0.369 e. The zero-order valence-electron chi connectivity index (χ0n) is 19.0. The largest absolute Gasteiger partial charge is 0.369 e. The first kappa shape index (κ1) is 22.1. The van der Waals surface area contributed by atoms with Gasteiger partial charge >= 0.3 is 0 Å². The third-order valence-electron chi connectivity index (χ3n) is 6.95. The molecule has 1 amide bonds. The number of carbonyl (C=O) groups is 2. The number of rotatable bonds is 5. The molecule has 1 saturated carbocycles. The van der Waals surface area contributed by atoms with Crippen LogP contribution < -0.4 is 9.80 Å². The Kier molecular flexibility index (Phi) is 5.53. The van der Waals surface area contributed by atoms with Gasteiger partial charge in [-0.15, -0.1) is 0 Å². The maximum Gasteiger partial charge on any atom is 0.243 e. The molecule has 2 aliphatic heterocycles. The van der Waals surface area contributed by atoms with Crippen molar-refractivity contribution in [1.82, 2.24) is 4.31 Å². The van der Waals surface area contributed by atoms with Crippen molar-refractivity contribution in [2.75, 3.05) is 36.0 Å². The predicted octanol–water partition coefficient (Wildman–Crippen LogP) is 3.09. The number of hydrogen-bond donors (Lipinski definition) is 0. The lowest BCUT2D eigenvalue weighted by Crippen LogP contribution is -2.48. The van der Waals surface area contributed by atoms with E-state index in [1.54, 1.807) is 29.4 Å². The maximum absolute atomic E-state index is 13.4. The van der Waals surface area contributed by atoms with Crippen LogP contribution in [-0.4, -0.2) is 56.6 Å². The fourth-order valence-corrected chi connectivity index (χ4v) is 6.35. The van der Waals surface area contributed by atoms with Gasteiger partial charge in [0.2, 0.25) is 15.9 Å². The lowest BCUT2D eigenvalue weighted by molar-refractivity contribution is -0.120. The van der Waals surface area contributed by atoms with Crippen LogP contribution >= 0.6 is 0 Å². The second-order valence-electron chi connectivity index (χ2n) is 9.32. The molecule has 3 aliphatic rings. The van der Waals surface area contributed by atoms with E-state index in [4.69, 9.17) is 0 Å².